The average molecular weight is 342 g/mol. The molecule has 4 rings (SSSR count). The van der Waals surface area contributed by atoms with E-state index in [-0.39, 0.29) is 30.1 Å². The SMILES string of the molecule is O=C(NCc1ccc(-c2ccc(F)cc2)o1)[C@@H]1CC(=O)N(C2CC2)C1. The summed E-state index contributed by atoms with van der Waals surface area (Å²) in [6.45, 7) is 0.794. The summed E-state index contributed by atoms with van der Waals surface area (Å²) in [4.78, 5) is 26.1. The Kier molecular flexibility index (Phi) is 4.03. The molecule has 1 saturated carbocycles. The zero-order valence-electron chi connectivity index (χ0n) is 13.7. The van der Waals surface area contributed by atoms with Crippen LogP contribution in [0.5, 0.6) is 0 Å². The van der Waals surface area contributed by atoms with Crippen LogP contribution in [0.15, 0.2) is 40.8 Å². The van der Waals surface area contributed by atoms with Crippen molar-refractivity contribution in [1.29, 1.82) is 0 Å². The molecule has 2 amide bonds. The highest BCUT2D eigenvalue weighted by atomic mass is 19.1. The number of halogens is 1. The van der Waals surface area contributed by atoms with Gasteiger partial charge in [-0.15, -0.1) is 0 Å². The Morgan fingerprint density at radius 2 is 1.96 bits per heavy atom. The molecule has 1 aromatic carbocycles. The number of likely N-dealkylation sites (tertiary alicyclic amines) is 1. The maximum Gasteiger partial charge on any atom is 0.225 e. The van der Waals surface area contributed by atoms with Gasteiger partial charge >= 0.3 is 0 Å². The quantitative estimate of drug-likeness (QED) is 0.909. The number of nitrogens with one attached hydrogen (secondary N) is 1. The Labute approximate surface area is 144 Å². The number of benzene rings is 1. The van der Waals surface area contributed by atoms with Gasteiger partial charge in [-0.05, 0) is 49.2 Å². The molecule has 2 aliphatic rings. The Balaban J connectivity index is 1.33. The molecule has 1 atom stereocenters. The van der Waals surface area contributed by atoms with Crippen LogP contribution in [0.25, 0.3) is 11.3 Å². The van der Waals surface area contributed by atoms with Crippen molar-refractivity contribution in [3.8, 4) is 11.3 Å². The van der Waals surface area contributed by atoms with Crippen LogP contribution in [0.4, 0.5) is 4.39 Å². The van der Waals surface area contributed by atoms with Crippen LogP contribution in [-0.2, 0) is 16.1 Å². The summed E-state index contributed by atoms with van der Waals surface area (Å²) in [5, 5.41) is 2.84. The number of hydrogen-bond donors (Lipinski definition) is 1. The van der Waals surface area contributed by atoms with Crippen molar-refractivity contribution in [2.24, 2.45) is 5.92 Å². The van der Waals surface area contributed by atoms with Crippen LogP contribution < -0.4 is 5.32 Å². The van der Waals surface area contributed by atoms with E-state index in [1.807, 2.05) is 4.90 Å². The van der Waals surface area contributed by atoms with E-state index >= 15 is 0 Å². The standard InChI is InChI=1S/C19H19FN2O3/c20-14-3-1-12(2-4-14)17-8-7-16(25-17)10-21-19(24)13-9-18(23)22(11-13)15-5-6-15/h1-4,7-8,13,15H,5-6,9-11H2,(H,21,24)/t13-/m1/s1. The van der Waals surface area contributed by atoms with Gasteiger partial charge in [-0.1, -0.05) is 0 Å². The zero-order valence-corrected chi connectivity index (χ0v) is 13.7. The van der Waals surface area contributed by atoms with Crippen molar-refractivity contribution >= 4 is 11.8 Å². The minimum absolute atomic E-state index is 0.0826. The molecule has 0 unspecified atom stereocenters. The molecular weight excluding hydrogens is 323 g/mol. The Hall–Kier alpha value is -2.63. The highest BCUT2D eigenvalue weighted by Gasteiger charge is 2.41. The lowest BCUT2D eigenvalue weighted by Gasteiger charge is -2.15. The first kappa shape index (κ1) is 15.9. The van der Waals surface area contributed by atoms with E-state index in [0.717, 1.165) is 18.4 Å². The van der Waals surface area contributed by atoms with Crippen LogP contribution in [0.3, 0.4) is 0 Å². The second-order valence-corrected chi connectivity index (χ2v) is 6.67. The second kappa shape index (κ2) is 6.35. The maximum atomic E-state index is 13.0. The molecule has 5 nitrogen and oxygen atoms in total. The van der Waals surface area contributed by atoms with Gasteiger partial charge in [-0.3, -0.25) is 9.59 Å². The van der Waals surface area contributed by atoms with E-state index < -0.39 is 0 Å². The molecule has 6 heteroatoms. The van der Waals surface area contributed by atoms with Gasteiger partial charge in [0, 0.05) is 24.6 Å². The van der Waals surface area contributed by atoms with Crippen molar-refractivity contribution in [2.75, 3.05) is 6.54 Å². The molecular formula is C19H19FN2O3. The third-order valence-corrected chi connectivity index (χ3v) is 4.74. The van der Waals surface area contributed by atoms with Crippen molar-refractivity contribution in [3.05, 3.63) is 48.0 Å². The maximum absolute atomic E-state index is 13.0. The lowest BCUT2D eigenvalue weighted by molar-refractivity contribution is -0.129. The molecule has 0 bridgehead atoms. The van der Waals surface area contributed by atoms with Crippen LogP contribution in [0.1, 0.15) is 25.0 Å². The van der Waals surface area contributed by atoms with Gasteiger partial charge in [0.15, 0.2) is 0 Å². The van der Waals surface area contributed by atoms with Gasteiger partial charge in [0.05, 0.1) is 12.5 Å². The number of carbonyl (C=O) groups is 2. The number of amides is 2. The predicted molar refractivity (Wildman–Crippen MR) is 88.8 cm³/mol. The molecule has 0 radical (unpaired) electrons. The average Bonchev–Trinajstić information content (AvgIpc) is 3.21. The first-order valence-corrected chi connectivity index (χ1v) is 8.52. The highest BCUT2D eigenvalue weighted by Crippen LogP contribution is 2.32. The van der Waals surface area contributed by atoms with Gasteiger partial charge in [-0.25, -0.2) is 4.39 Å². The molecule has 2 heterocycles. The van der Waals surface area contributed by atoms with Crippen LogP contribution >= 0.6 is 0 Å². The molecule has 1 saturated heterocycles. The van der Waals surface area contributed by atoms with Crippen molar-refractivity contribution in [3.63, 3.8) is 0 Å². The molecule has 2 fully saturated rings. The van der Waals surface area contributed by atoms with E-state index in [2.05, 4.69) is 5.32 Å². The minimum atomic E-state index is -0.297. The van der Waals surface area contributed by atoms with Gasteiger partial charge in [0.2, 0.25) is 11.8 Å². The van der Waals surface area contributed by atoms with Gasteiger partial charge in [-0.2, -0.15) is 0 Å². The summed E-state index contributed by atoms with van der Waals surface area (Å²) in [7, 11) is 0. The topological polar surface area (TPSA) is 62.6 Å². The third-order valence-electron chi connectivity index (χ3n) is 4.74. The fourth-order valence-corrected chi connectivity index (χ4v) is 3.21. The van der Waals surface area contributed by atoms with E-state index in [9.17, 15) is 14.0 Å². The molecule has 2 aromatic rings. The monoisotopic (exact) mass is 342 g/mol. The highest BCUT2D eigenvalue weighted by molar-refractivity contribution is 5.89. The Morgan fingerprint density at radius 3 is 2.68 bits per heavy atom. The molecule has 130 valence electrons. The summed E-state index contributed by atoms with van der Waals surface area (Å²) < 4.78 is 18.7. The predicted octanol–water partition coefficient (Wildman–Crippen LogP) is 2.71. The smallest absolute Gasteiger partial charge is 0.225 e. The molecule has 1 aromatic heterocycles. The number of nitrogens with zero attached hydrogens (tertiary/aromatic N) is 1. The van der Waals surface area contributed by atoms with Gasteiger partial charge in [0.25, 0.3) is 0 Å². The molecule has 1 aliphatic carbocycles. The number of carbonyl (C=O) groups excluding carboxylic acids is 2. The van der Waals surface area contributed by atoms with Crippen molar-refractivity contribution in [1.82, 2.24) is 10.2 Å². The van der Waals surface area contributed by atoms with Crippen LogP contribution in [0.2, 0.25) is 0 Å². The molecule has 1 aliphatic heterocycles. The molecule has 1 N–H and O–H groups in total. The van der Waals surface area contributed by atoms with E-state index in [1.165, 1.54) is 12.1 Å². The van der Waals surface area contributed by atoms with Crippen molar-refractivity contribution in [2.45, 2.75) is 31.8 Å². The lowest BCUT2D eigenvalue weighted by Crippen LogP contribution is -2.33. The number of rotatable bonds is 5. The fourth-order valence-electron chi connectivity index (χ4n) is 3.21. The van der Waals surface area contributed by atoms with Gasteiger partial charge < -0.3 is 14.6 Å². The molecule has 0 spiro atoms. The summed E-state index contributed by atoms with van der Waals surface area (Å²) in [6.07, 6.45) is 2.40. The number of hydrogen-bond acceptors (Lipinski definition) is 3. The number of furan rings is 1. The van der Waals surface area contributed by atoms with Crippen molar-refractivity contribution < 1.29 is 18.4 Å². The van der Waals surface area contributed by atoms with E-state index in [1.54, 1.807) is 24.3 Å². The summed E-state index contributed by atoms with van der Waals surface area (Å²) in [5.41, 5.74) is 0.778. The minimum Gasteiger partial charge on any atom is -0.459 e. The van der Waals surface area contributed by atoms with Crippen LogP contribution in [-0.4, -0.2) is 29.3 Å². The molecule has 25 heavy (non-hydrogen) atoms. The normalized spacial score (nSPS) is 20.1. The summed E-state index contributed by atoms with van der Waals surface area (Å²) >= 11 is 0. The first-order chi connectivity index (χ1) is 12.1. The first-order valence-electron chi connectivity index (χ1n) is 8.52. The second-order valence-electron chi connectivity index (χ2n) is 6.67. The summed E-state index contributed by atoms with van der Waals surface area (Å²) in [5.74, 6) is 0.639. The van der Waals surface area contributed by atoms with Gasteiger partial charge in [0.1, 0.15) is 17.3 Å². The van der Waals surface area contributed by atoms with Crippen LogP contribution in [0, 0.1) is 11.7 Å². The van der Waals surface area contributed by atoms with E-state index in [4.69, 9.17) is 4.42 Å². The largest absolute Gasteiger partial charge is 0.459 e. The lowest BCUT2D eigenvalue weighted by atomic mass is 10.1. The Morgan fingerprint density at radius 1 is 1.20 bits per heavy atom. The third kappa shape index (κ3) is 3.43. The van der Waals surface area contributed by atoms with E-state index in [0.29, 0.717) is 30.5 Å². The fraction of sp³-hybridized carbons (Fsp3) is 0.368. The zero-order chi connectivity index (χ0) is 17.4. The summed E-state index contributed by atoms with van der Waals surface area (Å²) in [6, 6.07) is 9.98. The Bertz CT molecular complexity index is 795.